The van der Waals surface area contributed by atoms with Crippen molar-refractivity contribution < 1.29 is 0 Å². The predicted molar refractivity (Wildman–Crippen MR) is 338 cm³/mol. The molecule has 0 spiro atoms. The maximum Gasteiger partial charge on any atom is 0.0540 e. The number of rotatable bonds is 11. The maximum absolute atomic E-state index is 2.47. The van der Waals surface area contributed by atoms with Gasteiger partial charge in [0, 0.05) is 85.3 Å². The number of anilines is 6. The van der Waals surface area contributed by atoms with Crippen LogP contribution in [0.5, 0.6) is 0 Å². The average molecular weight is 1030 g/mol. The summed E-state index contributed by atoms with van der Waals surface area (Å²) in [7, 11) is 0. The second kappa shape index (κ2) is 20.0. The highest BCUT2D eigenvalue weighted by Crippen LogP contribution is 2.50. The van der Waals surface area contributed by atoms with Crippen LogP contribution in [0, 0.1) is 13.8 Å². The summed E-state index contributed by atoms with van der Waals surface area (Å²) in [5.74, 6) is 0. The third-order valence-electron chi connectivity index (χ3n) is 15.3. The molecule has 0 amide bonds. The first-order valence-corrected chi connectivity index (χ1v) is 28.3. The number of benzene rings is 12. The van der Waals surface area contributed by atoms with E-state index < -0.39 is 0 Å². The number of aryl methyl sites for hydroxylation is 2. The first-order valence-electron chi connectivity index (χ1n) is 26.6. The summed E-state index contributed by atoms with van der Waals surface area (Å²) in [6.07, 6.45) is 0. The Bertz CT molecular complexity index is 4260. The lowest BCUT2D eigenvalue weighted by atomic mass is 9.96. The van der Waals surface area contributed by atoms with E-state index in [-0.39, 0.29) is 0 Å². The standard InChI is InChI=1S/C74H52N2S2/c1-49-45-55(41-43-67(49)75(57-27-17-25-53(47-57)51-21-5-3-6-22-51)69-37-13-9-29-59(69)63-33-19-35-65-61-31-11-15-39-71(61)77-73(63)65)56-42-44-68(50(2)46-56)76(58-28-18-26-54(48-58)52-23-7-4-8-24-52)70-38-14-10-30-60(70)64-34-20-36-66-62-32-12-16-40-72(62)78-74(64)66/h3-48H,1-2H3. The minimum absolute atomic E-state index is 1.10. The van der Waals surface area contributed by atoms with Crippen LogP contribution in [0.15, 0.2) is 279 Å². The van der Waals surface area contributed by atoms with Gasteiger partial charge in [-0.2, -0.15) is 0 Å². The van der Waals surface area contributed by atoms with Gasteiger partial charge in [0.1, 0.15) is 0 Å². The number of hydrogen-bond donors (Lipinski definition) is 0. The second-order valence-corrected chi connectivity index (χ2v) is 22.2. The van der Waals surface area contributed by atoms with Crippen LogP contribution < -0.4 is 9.80 Å². The van der Waals surface area contributed by atoms with Gasteiger partial charge in [-0.3, -0.25) is 0 Å². The van der Waals surface area contributed by atoms with Crippen LogP contribution in [0.25, 0.3) is 96.0 Å². The first kappa shape index (κ1) is 47.2. The van der Waals surface area contributed by atoms with E-state index in [1.54, 1.807) is 0 Å². The van der Waals surface area contributed by atoms with Gasteiger partial charge in [0.15, 0.2) is 0 Å². The molecule has 0 aliphatic carbocycles. The molecular weight excluding hydrogens is 981 g/mol. The topological polar surface area (TPSA) is 6.48 Å². The molecule has 2 aromatic heterocycles. The minimum Gasteiger partial charge on any atom is -0.310 e. The van der Waals surface area contributed by atoms with Gasteiger partial charge in [0.25, 0.3) is 0 Å². The summed E-state index contributed by atoms with van der Waals surface area (Å²) in [6, 6.07) is 102. The van der Waals surface area contributed by atoms with Crippen LogP contribution in [-0.2, 0) is 0 Å². The fourth-order valence-electron chi connectivity index (χ4n) is 11.6. The van der Waals surface area contributed by atoms with Crippen molar-refractivity contribution in [3.05, 3.63) is 290 Å². The minimum atomic E-state index is 1.10. The molecule has 0 unspecified atom stereocenters. The smallest absolute Gasteiger partial charge is 0.0540 e. The third kappa shape index (κ3) is 8.43. The molecule has 0 saturated heterocycles. The molecule has 14 rings (SSSR count). The monoisotopic (exact) mass is 1030 g/mol. The third-order valence-corrected chi connectivity index (χ3v) is 17.8. The van der Waals surface area contributed by atoms with Gasteiger partial charge in [-0.15, -0.1) is 22.7 Å². The fraction of sp³-hybridized carbons (Fsp3) is 0.0270. The maximum atomic E-state index is 2.47. The molecule has 0 fully saturated rings. The SMILES string of the molecule is Cc1cc(-c2ccc(N(c3cccc(-c4ccccc4)c3)c3ccccc3-c3cccc4c3sc3ccccc34)c(C)c2)ccc1N(c1cccc(-c2ccccc2)c1)c1ccccc1-c1cccc2c1sc1ccccc12. The van der Waals surface area contributed by atoms with Crippen LogP contribution in [0.3, 0.4) is 0 Å². The molecule has 0 radical (unpaired) electrons. The molecule has 2 heterocycles. The summed E-state index contributed by atoms with van der Waals surface area (Å²) in [5.41, 5.74) is 21.0. The van der Waals surface area contributed by atoms with E-state index in [1.165, 1.54) is 107 Å². The van der Waals surface area contributed by atoms with Crippen molar-refractivity contribution in [1.29, 1.82) is 0 Å². The normalized spacial score (nSPS) is 11.5. The van der Waals surface area contributed by atoms with Gasteiger partial charge in [-0.1, -0.05) is 206 Å². The lowest BCUT2D eigenvalue weighted by Gasteiger charge is -2.30. The van der Waals surface area contributed by atoms with Gasteiger partial charge < -0.3 is 9.80 Å². The number of nitrogens with zero attached hydrogens (tertiary/aromatic N) is 2. The fourth-order valence-corrected chi connectivity index (χ4v) is 14.1. The predicted octanol–water partition coefficient (Wildman–Crippen LogP) is 22.3. The Morgan fingerprint density at radius 1 is 0.244 bits per heavy atom. The molecule has 4 heteroatoms. The van der Waals surface area contributed by atoms with Crippen molar-refractivity contribution >= 4 is 97.1 Å². The average Bonchev–Trinajstić information content (AvgIpc) is 4.22. The van der Waals surface area contributed by atoms with Gasteiger partial charge in [0.05, 0.1) is 11.4 Å². The lowest BCUT2D eigenvalue weighted by molar-refractivity contribution is 1.25. The molecule has 2 nitrogen and oxygen atoms in total. The van der Waals surface area contributed by atoms with E-state index in [0.717, 1.165) is 34.1 Å². The van der Waals surface area contributed by atoms with E-state index in [4.69, 9.17) is 0 Å². The van der Waals surface area contributed by atoms with Crippen LogP contribution in [0.2, 0.25) is 0 Å². The Morgan fingerprint density at radius 2 is 0.590 bits per heavy atom. The zero-order valence-corrected chi connectivity index (χ0v) is 44.9. The molecule has 0 N–H and O–H groups in total. The summed E-state index contributed by atoms with van der Waals surface area (Å²) >= 11 is 3.75. The van der Waals surface area contributed by atoms with Gasteiger partial charge in [0.2, 0.25) is 0 Å². The molecule has 370 valence electrons. The van der Waals surface area contributed by atoms with Gasteiger partial charge in [-0.25, -0.2) is 0 Å². The van der Waals surface area contributed by atoms with Gasteiger partial charge in [-0.05, 0) is 131 Å². The first-order chi connectivity index (χ1) is 38.5. The number of hydrogen-bond acceptors (Lipinski definition) is 4. The molecule has 14 aromatic rings. The van der Waals surface area contributed by atoms with E-state index in [2.05, 4.69) is 303 Å². The van der Waals surface area contributed by atoms with Gasteiger partial charge >= 0.3 is 0 Å². The quantitative estimate of drug-likeness (QED) is 0.127. The Labute approximate surface area is 463 Å². The molecule has 0 saturated carbocycles. The van der Waals surface area contributed by atoms with E-state index in [0.29, 0.717) is 0 Å². The van der Waals surface area contributed by atoms with E-state index in [9.17, 15) is 0 Å². The Kier molecular flexibility index (Phi) is 12.1. The summed E-state index contributed by atoms with van der Waals surface area (Å²) in [4.78, 5) is 4.94. The number of para-hydroxylation sites is 2. The zero-order valence-electron chi connectivity index (χ0n) is 43.3. The molecular formula is C74H52N2S2. The van der Waals surface area contributed by atoms with Crippen LogP contribution in [0.1, 0.15) is 11.1 Å². The lowest BCUT2D eigenvalue weighted by Crippen LogP contribution is -2.13. The second-order valence-electron chi connectivity index (χ2n) is 20.1. The number of thiophene rings is 2. The van der Waals surface area contributed by atoms with E-state index in [1.807, 2.05) is 22.7 Å². The van der Waals surface area contributed by atoms with Crippen molar-refractivity contribution in [2.24, 2.45) is 0 Å². The van der Waals surface area contributed by atoms with Crippen LogP contribution in [-0.4, -0.2) is 0 Å². The zero-order chi connectivity index (χ0) is 52.1. The van der Waals surface area contributed by atoms with Crippen molar-refractivity contribution in [1.82, 2.24) is 0 Å². The molecule has 0 bridgehead atoms. The Morgan fingerprint density at radius 3 is 1.04 bits per heavy atom. The summed E-state index contributed by atoms with van der Waals surface area (Å²) < 4.78 is 5.20. The molecule has 0 aliphatic heterocycles. The summed E-state index contributed by atoms with van der Waals surface area (Å²) in [5, 5.41) is 5.18. The summed E-state index contributed by atoms with van der Waals surface area (Å²) in [6.45, 7) is 4.53. The van der Waals surface area contributed by atoms with E-state index >= 15 is 0 Å². The van der Waals surface area contributed by atoms with Crippen molar-refractivity contribution in [3.63, 3.8) is 0 Å². The van der Waals surface area contributed by atoms with Crippen molar-refractivity contribution in [2.75, 3.05) is 9.80 Å². The molecule has 0 atom stereocenters. The highest BCUT2D eigenvalue weighted by Gasteiger charge is 2.24. The van der Waals surface area contributed by atoms with Crippen LogP contribution >= 0.6 is 22.7 Å². The molecule has 78 heavy (non-hydrogen) atoms. The Hall–Kier alpha value is -9.32. The molecule has 12 aromatic carbocycles. The highest BCUT2D eigenvalue weighted by molar-refractivity contribution is 7.26. The highest BCUT2D eigenvalue weighted by atomic mass is 32.1. The largest absolute Gasteiger partial charge is 0.310 e. The van der Waals surface area contributed by atoms with Crippen molar-refractivity contribution in [3.8, 4) is 55.6 Å². The Balaban J connectivity index is 0.894. The van der Waals surface area contributed by atoms with Crippen LogP contribution in [0.4, 0.5) is 34.1 Å². The molecule has 0 aliphatic rings. The number of fused-ring (bicyclic) bond motifs is 6. The van der Waals surface area contributed by atoms with Crippen molar-refractivity contribution in [2.45, 2.75) is 13.8 Å².